The van der Waals surface area contributed by atoms with Crippen molar-refractivity contribution in [3.05, 3.63) is 52.9 Å². The predicted molar refractivity (Wildman–Crippen MR) is 135 cm³/mol. The molecule has 0 spiro atoms. The number of phenolic OH excluding ortho intramolecular Hbond substituents is 1. The third-order valence-corrected chi connectivity index (χ3v) is 9.61. The van der Waals surface area contributed by atoms with E-state index in [9.17, 15) is 13.5 Å². The number of nitrogens with one attached hydrogen (secondary N) is 1. The van der Waals surface area contributed by atoms with Crippen molar-refractivity contribution in [1.29, 1.82) is 0 Å². The van der Waals surface area contributed by atoms with Crippen LogP contribution in [0.15, 0.2) is 52.2 Å². The van der Waals surface area contributed by atoms with Crippen molar-refractivity contribution >= 4 is 61.7 Å². The summed E-state index contributed by atoms with van der Waals surface area (Å²) in [4.78, 5) is 5.20. The Hall–Kier alpha value is -2.29. The molecule has 1 fully saturated rings. The Kier molecular flexibility index (Phi) is 6.93. The van der Waals surface area contributed by atoms with E-state index in [2.05, 4.69) is 16.3 Å². The highest BCUT2D eigenvalue weighted by molar-refractivity contribution is 8.01. The number of anilines is 1. The van der Waals surface area contributed by atoms with E-state index in [4.69, 9.17) is 0 Å². The number of sulfonamides is 1. The van der Waals surface area contributed by atoms with Gasteiger partial charge in [0.05, 0.1) is 25.7 Å². The minimum Gasteiger partial charge on any atom is -0.506 e. The summed E-state index contributed by atoms with van der Waals surface area (Å²) in [5.74, 6) is 0.123. The zero-order chi connectivity index (χ0) is 22.7. The monoisotopic (exact) mass is 486 g/mol. The van der Waals surface area contributed by atoms with Gasteiger partial charge >= 0.3 is 0 Å². The van der Waals surface area contributed by atoms with Gasteiger partial charge in [0.25, 0.3) is 0 Å². The molecule has 0 amide bonds. The van der Waals surface area contributed by atoms with Gasteiger partial charge in [-0.2, -0.15) is 0 Å². The molecule has 0 radical (unpaired) electrons. The fourth-order valence-corrected chi connectivity index (χ4v) is 7.78. The average Bonchev–Trinajstić information content (AvgIpc) is 3.19. The average molecular weight is 487 g/mol. The van der Waals surface area contributed by atoms with E-state index in [-0.39, 0.29) is 11.0 Å². The number of nitrogens with zero attached hydrogens (tertiary/aromatic N) is 1. The zero-order valence-electron chi connectivity index (χ0n) is 17.9. The number of aromatic hydroxyl groups is 1. The number of rotatable bonds is 6. The standard InChI is InChI=1S/C24H26N2O3S3/c1-3-10-21-19(4-2)25-24(30-21)31-22-15-20(17-13-8-9-14-18(17)23(22)27)26-32(28,29)16-11-6-5-7-12-16/h3-4,8-10,13-16,26-27H,1,5-7,11-12H2,2H3/b19-4+,21-10+. The van der Waals surface area contributed by atoms with Crippen molar-refractivity contribution in [1.82, 2.24) is 4.98 Å². The molecular weight excluding hydrogens is 460 g/mol. The van der Waals surface area contributed by atoms with Gasteiger partial charge in [-0.3, -0.25) is 4.72 Å². The highest BCUT2D eigenvalue weighted by atomic mass is 32.2. The molecular formula is C24H26N2O3S3. The number of hydrogen-bond donors (Lipinski definition) is 2. The van der Waals surface area contributed by atoms with Crippen LogP contribution in [0.1, 0.15) is 39.0 Å². The molecule has 5 nitrogen and oxygen atoms in total. The van der Waals surface area contributed by atoms with Gasteiger partial charge in [-0.05, 0) is 31.9 Å². The lowest BCUT2D eigenvalue weighted by molar-refractivity contribution is 0.469. The van der Waals surface area contributed by atoms with E-state index in [0.717, 1.165) is 33.5 Å². The van der Waals surface area contributed by atoms with Gasteiger partial charge in [0.2, 0.25) is 10.0 Å². The molecule has 0 saturated heterocycles. The summed E-state index contributed by atoms with van der Waals surface area (Å²) in [5.41, 5.74) is 0.489. The lowest BCUT2D eigenvalue weighted by Gasteiger charge is -2.23. The van der Waals surface area contributed by atoms with Crippen molar-refractivity contribution in [2.45, 2.75) is 53.5 Å². The number of phenols is 1. The fourth-order valence-electron chi connectivity index (χ4n) is 4.00. The number of hydrogen-bond acceptors (Lipinski definition) is 6. The van der Waals surface area contributed by atoms with Gasteiger partial charge in [0, 0.05) is 10.8 Å². The van der Waals surface area contributed by atoms with Crippen LogP contribution in [-0.4, -0.2) is 23.8 Å². The van der Waals surface area contributed by atoms with Crippen LogP contribution in [0.3, 0.4) is 0 Å². The topological polar surface area (TPSA) is 79.3 Å². The molecule has 0 unspecified atom stereocenters. The lowest BCUT2D eigenvalue weighted by atomic mass is 10.0. The van der Waals surface area contributed by atoms with Crippen LogP contribution in [0.4, 0.5) is 5.69 Å². The maximum Gasteiger partial charge on any atom is 0.235 e. The summed E-state index contributed by atoms with van der Waals surface area (Å²) >= 11 is 2.83. The highest BCUT2D eigenvalue weighted by Gasteiger charge is 2.28. The maximum atomic E-state index is 13.1. The molecule has 1 heterocycles. The quantitative estimate of drug-likeness (QED) is 0.480. The normalized spacial score (nSPS) is 16.5. The molecule has 168 valence electrons. The van der Waals surface area contributed by atoms with Crippen molar-refractivity contribution < 1.29 is 13.5 Å². The van der Waals surface area contributed by atoms with Crippen LogP contribution < -0.4 is 14.6 Å². The number of fused-ring (bicyclic) bond motifs is 1. The number of aromatic nitrogens is 1. The van der Waals surface area contributed by atoms with Crippen molar-refractivity contribution in [3.8, 4) is 5.75 Å². The van der Waals surface area contributed by atoms with Crippen LogP contribution in [-0.2, 0) is 10.0 Å². The first kappa shape index (κ1) is 22.9. The molecule has 1 saturated carbocycles. The SMILES string of the molecule is C=C/C=c1/sc(Sc2cc(NS(=O)(=O)C3CCCCC3)c3ccccc3c2O)n/c1=C/C. The van der Waals surface area contributed by atoms with E-state index in [1.165, 1.54) is 23.1 Å². The molecule has 4 rings (SSSR count). The molecule has 32 heavy (non-hydrogen) atoms. The minimum atomic E-state index is -3.52. The van der Waals surface area contributed by atoms with Gasteiger partial charge in [-0.1, -0.05) is 74.0 Å². The van der Waals surface area contributed by atoms with Gasteiger partial charge in [0.1, 0.15) is 5.75 Å². The van der Waals surface area contributed by atoms with E-state index in [0.29, 0.717) is 34.2 Å². The largest absolute Gasteiger partial charge is 0.506 e. The smallest absolute Gasteiger partial charge is 0.235 e. The van der Waals surface area contributed by atoms with E-state index < -0.39 is 10.0 Å². The van der Waals surface area contributed by atoms with Gasteiger partial charge in [-0.15, -0.1) is 11.3 Å². The Bertz CT molecular complexity index is 1370. The molecule has 8 heteroatoms. The second kappa shape index (κ2) is 9.68. The molecule has 0 bridgehead atoms. The number of thiazole rings is 1. The van der Waals surface area contributed by atoms with Gasteiger partial charge in [0.15, 0.2) is 4.34 Å². The van der Waals surface area contributed by atoms with E-state index >= 15 is 0 Å². The molecule has 3 aromatic rings. The van der Waals surface area contributed by atoms with Crippen molar-refractivity contribution in [2.75, 3.05) is 4.72 Å². The Morgan fingerprint density at radius 3 is 2.62 bits per heavy atom. The summed E-state index contributed by atoms with van der Waals surface area (Å²) in [6, 6.07) is 9.02. The van der Waals surface area contributed by atoms with Crippen LogP contribution in [0.25, 0.3) is 22.9 Å². The van der Waals surface area contributed by atoms with Crippen LogP contribution >= 0.6 is 23.1 Å². The lowest BCUT2D eigenvalue weighted by Crippen LogP contribution is -2.29. The zero-order valence-corrected chi connectivity index (χ0v) is 20.3. The van der Waals surface area contributed by atoms with E-state index in [1.807, 2.05) is 37.3 Å². The summed E-state index contributed by atoms with van der Waals surface area (Å²) < 4.78 is 30.8. The molecule has 1 aliphatic carbocycles. The maximum absolute atomic E-state index is 13.1. The minimum absolute atomic E-state index is 0.123. The van der Waals surface area contributed by atoms with E-state index in [1.54, 1.807) is 18.2 Å². The second-order valence-corrected chi connectivity index (χ2v) is 12.0. The summed E-state index contributed by atoms with van der Waals surface area (Å²) in [6.07, 6.45) is 9.89. The molecule has 1 aromatic heterocycles. The molecule has 1 aliphatic rings. The van der Waals surface area contributed by atoms with Crippen LogP contribution in [0.5, 0.6) is 5.75 Å². The Labute approximate surface area is 196 Å². The summed E-state index contributed by atoms with van der Waals surface area (Å²) in [6.45, 7) is 5.68. The highest BCUT2D eigenvalue weighted by Crippen LogP contribution is 2.43. The third-order valence-electron chi connectivity index (χ3n) is 5.63. The molecule has 2 aromatic carbocycles. The first-order chi connectivity index (χ1) is 15.4. The second-order valence-electron chi connectivity index (χ2n) is 7.75. The predicted octanol–water partition coefficient (Wildman–Crippen LogP) is 4.99. The van der Waals surface area contributed by atoms with Gasteiger partial charge < -0.3 is 5.11 Å². The molecule has 0 aliphatic heterocycles. The summed E-state index contributed by atoms with van der Waals surface area (Å²) in [5, 5.41) is 12.7. The van der Waals surface area contributed by atoms with Crippen LogP contribution in [0, 0.1) is 0 Å². The van der Waals surface area contributed by atoms with Crippen molar-refractivity contribution in [3.63, 3.8) is 0 Å². The Balaban J connectivity index is 1.77. The number of benzene rings is 2. The molecule has 2 N–H and O–H groups in total. The van der Waals surface area contributed by atoms with Crippen molar-refractivity contribution in [2.24, 2.45) is 0 Å². The fraction of sp³-hybridized carbons (Fsp3) is 0.292. The molecule has 0 atom stereocenters. The first-order valence-electron chi connectivity index (χ1n) is 10.6. The van der Waals surface area contributed by atoms with Crippen LogP contribution in [0.2, 0.25) is 0 Å². The van der Waals surface area contributed by atoms with Gasteiger partial charge in [-0.25, -0.2) is 13.4 Å². The summed E-state index contributed by atoms with van der Waals surface area (Å²) in [7, 11) is -3.52. The number of allylic oxidation sites excluding steroid dienone is 1. The Morgan fingerprint density at radius 2 is 1.94 bits per heavy atom. The Morgan fingerprint density at radius 1 is 1.22 bits per heavy atom. The third kappa shape index (κ3) is 4.72. The first-order valence-corrected chi connectivity index (χ1v) is 13.8.